The fraction of sp³-hybridized carbons (Fsp3) is 0.333. The summed E-state index contributed by atoms with van der Waals surface area (Å²) >= 11 is 0. The number of aromatic hydroxyl groups is 1. The zero-order valence-corrected chi connectivity index (χ0v) is 20.1. The van der Waals surface area contributed by atoms with Crippen LogP contribution in [0, 0.1) is 0 Å². The fourth-order valence-corrected chi connectivity index (χ4v) is 4.44. The van der Waals surface area contributed by atoms with E-state index < -0.39 is 17.1 Å². The number of aromatic nitrogens is 1. The topological polar surface area (TPSA) is 116 Å². The van der Waals surface area contributed by atoms with E-state index in [9.17, 15) is 14.7 Å². The van der Waals surface area contributed by atoms with E-state index in [-0.39, 0.29) is 38.1 Å². The average Bonchev–Trinajstić information content (AvgIpc) is 3.06. The van der Waals surface area contributed by atoms with Crippen LogP contribution >= 0.6 is 0 Å². The molecule has 36 heavy (non-hydrogen) atoms. The van der Waals surface area contributed by atoms with E-state index in [1.165, 1.54) is 22.5 Å². The van der Waals surface area contributed by atoms with Gasteiger partial charge in [-0.1, -0.05) is 48.5 Å². The van der Waals surface area contributed by atoms with Gasteiger partial charge < -0.3 is 30.6 Å². The van der Waals surface area contributed by atoms with E-state index in [2.05, 4.69) is 39.9 Å². The summed E-state index contributed by atoms with van der Waals surface area (Å²) < 4.78 is 6.59. The lowest BCUT2D eigenvalue weighted by Gasteiger charge is -2.27. The maximum Gasteiger partial charge on any atom is 0.273 e. The largest absolute Gasteiger partial charge is 0.502 e. The summed E-state index contributed by atoms with van der Waals surface area (Å²) in [6.45, 7) is 2.09. The lowest BCUT2D eigenvalue weighted by molar-refractivity contribution is 0.0830. The van der Waals surface area contributed by atoms with Crippen LogP contribution in [-0.4, -0.2) is 53.7 Å². The van der Waals surface area contributed by atoms with Crippen molar-refractivity contribution in [2.75, 3.05) is 43.2 Å². The molecule has 9 heteroatoms. The van der Waals surface area contributed by atoms with Crippen LogP contribution in [0.2, 0.25) is 0 Å². The highest BCUT2D eigenvalue weighted by Crippen LogP contribution is 2.34. The van der Waals surface area contributed by atoms with Gasteiger partial charge in [-0.3, -0.25) is 14.3 Å². The third kappa shape index (κ3) is 6.05. The van der Waals surface area contributed by atoms with Crippen LogP contribution in [0.15, 0.2) is 71.7 Å². The van der Waals surface area contributed by atoms with Crippen LogP contribution < -0.4 is 21.1 Å². The molecular weight excluding hydrogens is 460 g/mol. The van der Waals surface area contributed by atoms with E-state index in [4.69, 9.17) is 9.84 Å². The number of aliphatic hydroxyl groups excluding tert-OH is 1. The van der Waals surface area contributed by atoms with Crippen LogP contribution in [0.4, 0.5) is 5.69 Å². The van der Waals surface area contributed by atoms with Gasteiger partial charge in [-0.15, -0.1) is 0 Å². The molecule has 4 rings (SSSR count). The molecule has 9 nitrogen and oxygen atoms in total. The number of fused-ring (bicyclic) bond motifs is 1. The summed E-state index contributed by atoms with van der Waals surface area (Å²) in [5, 5.41) is 21.9. The number of anilines is 1. The molecule has 1 unspecified atom stereocenters. The van der Waals surface area contributed by atoms with E-state index >= 15 is 0 Å². The molecule has 1 amide bonds. The number of pyridine rings is 1. The minimum Gasteiger partial charge on any atom is -0.502 e. The van der Waals surface area contributed by atoms with Crippen LogP contribution in [0.25, 0.3) is 0 Å². The molecule has 0 radical (unpaired) electrons. The Morgan fingerprint density at radius 2 is 1.83 bits per heavy atom. The Balaban J connectivity index is 1.57. The molecule has 0 fully saturated rings. The molecular formula is C27H32N4O5. The predicted molar refractivity (Wildman–Crippen MR) is 138 cm³/mol. The maximum atomic E-state index is 12.9. The Morgan fingerprint density at radius 3 is 2.64 bits per heavy atom. The number of benzene rings is 2. The van der Waals surface area contributed by atoms with Crippen molar-refractivity contribution in [3.8, 4) is 5.75 Å². The Hall–Kier alpha value is -3.82. The molecule has 2 heterocycles. The van der Waals surface area contributed by atoms with Gasteiger partial charge in [-0.25, -0.2) is 0 Å². The monoisotopic (exact) mass is 492 g/mol. The lowest BCUT2D eigenvalue weighted by atomic mass is 10.0. The molecule has 0 spiro atoms. The van der Waals surface area contributed by atoms with E-state index in [0.29, 0.717) is 0 Å². The Bertz CT molecular complexity index is 1210. The highest BCUT2D eigenvalue weighted by atomic mass is 16.5. The number of hydrogen-bond acceptors (Lipinski definition) is 7. The van der Waals surface area contributed by atoms with Crippen LogP contribution in [0.5, 0.6) is 5.75 Å². The molecule has 1 atom stereocenters. The van der Waals surface area contributed by atoms with Gasteiger partial charge in [-0.05, 0) is 30.0 Å². The second-order valence-electron chi connectivity index (χ2n) is 8.63. The first kappa shape index (κ1) is 25.3. The zero-order chi connectivity index (χ0) is 25.3. The van der Waals surface area contributed by atoms with Gasteiger partial charge in [0.05, 0.1) is 25.9 Å². The molecule has 1 aromatic heterocycles. The highest BCUT2D eigenvalue weighted by Gasteiger charge is 2.25. The Labute approximate surface area is 209 Å². The minimum absolute atomic E-state index is 0.109. The van der Waals surface area contributed by atoms with Gasteiger partial charge in [0.2, 0.25) is 5.43 Å². The van der Waals surface area contributed by atoms with Crippen molar-refractivity contribution in [3.63, 3.8) is 0 Å². The van der Waals surface area contributed by atoms with Crippen molar-refractivity contribution in [2.24, 2.45) is 0 Å². The SMILES string of the molecule is O=C(NCCOCCO)c1c(O)c(=O)ccn1NC1CCCN(Cc2ccccc2)c2ccccc21. The van der Waals surface area contributed by atoms with E-state index in [0.717, 1.165) is 37.2 Å². The lowest BCUT2D eigenvalue weighted by Crippen LogP contribution is -2.34. The first-order valence-electron chi connectivity index (χ1n) is 12.1. The molecule has 0 bridgehead atoms. The van der Waals surface area contributed by atoms with Crippen molar-refractivity contribution in [1.82, 2.24) is 9.99 Å². The zero-order valence-electron chi connectivity index (χ0n) is 20.1. The fourth-order valence-electron chi connectivity index (χ4n) is 4.44. The van der Waals surface area contributed by atoms with Gasteiger partial charge in [0.15, 0.2) is 11.4 Å². The number of aliphatic hydroxyl groups is 1. The van der Waals surface area contributed by atoms with Crippen molar-refractivity contribution < 1.29 is 19.7 Å². The third-order valence-electron chi connectivity index (χ3n) is 6.14. The normalized spacial score (nSPS) is 15.1. The van der Waals surface area contributed by atoms with Crippen molar-refractivity contribution >= 4 is 11.6 Å². The summed E-state index contributed by atoms with van der Waals surface area (Å²) in [6.07, 6.45) is 3.18. The number of carbonyl (C=O) groups excluding carboxylic acids is 1. The van der Waals surface area contributed by atoms with Crippen LogP contribution in [0.1, 0.15) is 40.5 Å². The van der Waals surface area contributed by atoms with Gasteiger partial charge in [-0.2, -0.15) is 0 Å². The smallest absolute Gasteiger partial charge is 0.273 e. The number of rotatable bonds is 10. The first-order valence-corrected chi connectivity index (χ1v) is 12.1. The molecule has 3 aromatic rings. The third-order valence-corrected chi connectivity index (χ3v) is 6.14. The number of hydrogen-bond donors (Lipinski definition) is 4. The number of amides is 1. The second-order valence-corrected chi connectivity index (χ2v) is 8.63. The van der Waals surface area contributed by atoms with Crippen molar-refractivity contribution in [2.45, 2.75) is 25.4 Å². The number of nitrogens with zero attached hydrogens (tertiary/aromatic N) is 2. The first-order chi connectivity index (χ1) is 17.6. The molecule has 1 aliphatic rings. The summed E-state index contributed by atoms with van der Waals surface area (Å²) in [5.74, 6) is -1.22. The number of nitrogens with one attached hydrogen (secondary N) is 2. The minimum atomic E-state index is -0.634. The van der Waals surface area contributed by atoms with Crippen LogP contribution in [-0.2, 0) is 11.3 Å². The molecule has 2 aromatic carbocycles. The number of ether oxygens (including phenoxy) is 1. The van der Waals surface area contributed by atoms with E-state index in [1.54, 1.807) is 0 Å². The maximum absolute atomic E-state index is 12.9. The van der Waals surface area contributed by atoms with Gasteiger partial charge in [0.1, 0.15) is 0 Å². The molecule has 190 valence electrons. The summed E-state index contributed by atoms with van der Waals surface area (Å²) in [5.41, 5.74) is 5.97. The van der Waals surface area contributed by atoms with E-state index in [1.807, 2.05) is 30.3 Å². The molecule has 0 saturated carbocycles. The molecule has 0 aliphatic carbocycles. The molecule has 1 aliphatic heterocycles. The summed E-state index contributed by atoms with van der Waals surface area (Å²) in [7, 11) is 0. The van der Waals surface area contributed by atoms with Crippen molar-refractivity contribution in [1.29, 1.82) is 0 Å². The number of carbonyl (C=O) groups is 1. The van der Waals surface area contributed by atoms with Gasteiger partial charge in [0.25, 0.3) is 5.91 Å². The Kier molecular flexibility index (Phi) is 8.59. The van der Waals surface area contributed by atoms with Gasteiger partial charge in [0, 0.05) is 37.6 Å². The van der Waals surface area contributed by atoms with Crippen molar-refractivity contribution in [3.05, 3.63) is 93.9 Å². The van der Waals surface area contributed by atoms with Crippen LogP contribution in [0.3, 0.4) is 0 Å². The predicted octanol–water partition coefficient (Wildman–Crippen LogP) is 2.38. The molecule has 0 saturated heterocycles. The number of para-hydroxylation sites is 1. The standard InChI is InChI=1S/C27H32N4O5/c32-16-18-36-17-13-28-27(35)25-26(34)24(33)12-15-31(25)29-22-10-6-14-30(19-20-7-2-1-3-8-20)23-11-5-4-9-21(22)23/h1-5,7-9,11-12,15,22,29,32,34H,6,10,13-14,16-19H2,(H,28,35). The average molecular weight is 493 g/mol. The second kappa shape index (κ2) is 12.2. The quantitative estimate of drug-likeness (QED) is 0.321. The summed E-state index contributed by atoms with van der Waals surface area (Å²) in [4.78, 5) is 27.4. The Morgan fingerprint density at radius 1 is 1.06 bits per heavy atom. The van der Waals surface area contributed by atoms with Gasteiger partial charge >= 0.3 is 0 Å². The summed E-state index contributed by atoms with van der Waals surface area (Å²) in [6, 6.07) is 19.6. The molecule has 4 N–H and O–H groups in total. The highest BCUT2D eigenvalue weighted by molar-refractivity contribution is 5.95.